The van der Waals surface area contributed by atoms with E-state index < -0.39 is 5.82 Å². The van der Waals surface area contributed by atoms with Gasteiger partial charge in [0, 0.05) is 11.1 Å². The zero-order valence-electron chi connectivity index (χ0n) is 10.6. The van der Waals surface area contributed by atoms with E-state index in [1.54, 1.807) is 12.1 Å². The SMILES string of the molecule is N#Cc1ccc(COc2c(Br)cc(C=O)cc2Br)c(F)c1. The fraction of sp³-hybridized carbons (Fsp3) is 0.0667. The molecular formula is C15H8Br2FNO2. The van der Waals surface area contributed by atoms with Gasteiger partial charge in [-0.2, -0.15) is 5.26 Å². The molecule has 0 unspecified atom stereocenters. The first-order valence-corrected chi connectivity index (χ1v) is 7.39. The molecule has 2 aromatic carbocycles. The highest BCUT2D eigenvalue weighted by Crippen LogP contribution is 2.35. The average molecular weight is 413 g/mol. The van der Waals surface area contributed by atoms with E-state index in [0.717, 1.165) is 12.4 Å². The summed E-state index contributed by atoms with van der Waals surface area (Å²) in [4.78, 5) is 10.7. The first kappa shape index (κ1) is 15.7. The smallest absolute Gasteiger partial charge is 0.150 e. The van der Waals surface area contributed by atoms with Gasteiger partial charge in [-0.15, -0.1) is 0 Å². The number of aldehydes is 1. The molecule has 0 saturated carbocycles. The zero-order chi connectivity index (χ0) is 15.4. The topological polar surface area (TPSA) is 50.1 Å². The van der Waals surface area contributed by atoms with E-state index >= 15 is 0 Å². The molecule has 106 valence electrons. The van der Waals surface area contributed by atoms with Crippen molar-refractivity contribution in [1.82, 2.24) is 0 Å². The van der Waals surface area contributed by atoms with Gasteiger partial charge in [-0.25, -0.2) is 4.39 Å². The van der Waals surface area contributed by atoms with Crippen molar-refractivity contribution in [2.75, 3.05) is 0 Å². The molecule has 3 nitrogen and oxygen atoms in total. The average Bonchev–Trinajstić information content (AvgIpc) is 2.47. The van der Waals surface area contributed by atoms with Crippen LogP contribution < -0.4 is 4.74 Å². The third-order valence-corrected chi connectivity index (χ3v) is 3.89. The van der Waals surface area contributed by atoms with Crippen LogP contribution in [0.25, 0.3) is 0 Å². The maximum Gasteiger partial charge on any atom is 0.150 e. The second-order valence-corrected chi connectivity index (χ2v) is 5.85. The lowest BCUT2D eigenvalue weighted by Gasteiger charge is -2.11. The summed E-state index contributed by atoms with van der Waals surface area (Å²) in [5.74, 6) is -0.0184. The Labute approximate surface area is 137 Å². The van der Waals surface area contributed by atoms with Crippen LogP contribution in [0.1, 0.15) is 21.5 Å². The fourth-order valence-corrected chi connectivity index (χ4v) is 3.12. The number of benzene rings is 2. The van der Waals surface area contributed by atoms with Crippen molar-refractivity contribution in [3.63, 3.8) is 0 Å². The van der Waals surface area contributed by atoms with Crippen molar-refractivity contribution >= 4 is 38.1 Å². The molecule has 0 bridgehead atoms. The van der Waals surface area contributed by atoms with Gasteiger partial charge in [0.25, 0.3) is 0 Å². The minimum Gasteiger partial charge on any atom is -0.486 e. The lowest BCUT2D eigenvalue weighted by molar-refractivity contribution is 0.112. The maximum atomic E-state index is 13.8. The summed E-state index contributed by atoms with van der Waals surface area (Å²) < 4.78 is 20.5. The van der Waals surface area contributed by atoms with Gasteiger partial charge in [-0.05, 0) is 56.1 Å². The first-order valence-electron chi connectivity index (χ1n) is 5.80. The van der Waals surface area contributed by atoms with Crippen molar-refractivity contribution < 1.29 is 13.9 Å². The summed E-state index contributed by atoms with van der Waals surface area (Å²) >= 11 is 6.61. The molecule has 0 amide bonds. The van der Waals surface area contributed by atoms with Gasteiger partial charge >= 0.3 is 0 Å². The third kappa shape index (κ3) is 3.69. The number of hydrogen-bond donors (Lipinski definition) is 0. The van der Waals surface area contributed by atoms with Crippen LogP contribution in [0.3, 0.4) is 0 Å². The molecule has 0 atom stereocenters. The molecule has 0 aromatic heterocycles. The summed E-state index contributed by atoms with van der Waals surface area (Å²) in [6, 6.07) is 9.30. The second-order valence-electron chi connectivity index (χ2n) is 4.14. The third-order valence-electron chi connectivity index (χ3n) is 2.71. The Balaban J connectivity index is 2.21. The molecule has 0 spiro atoms. The molecule has 0 radical (unpaired) electrons. The number of nitrogens with zero attached hydrogens (tertiary/aromatic N) is 1. The fourth-order valence-electron chi connectivity index (χ4n) is 1.67. The van der Waals surface area contributed by atoms with Crippen LogP contribution in [0.15, 0.2) is 39.3 Å². The van der Waals surface area contributed by atoms with E-state index in [4.69, 9.17) is 10.00 Å². The highest BCUT2D eigenvalue weighted by Gasteiger charge is 2.11. The Bertz CT molecular complexity index is 718. The van der Waals surface area contributed by atoms with Crippen LogP contribution in [0.2, 0.25) is 0 Å². The Morgan fingerprint density at radius 1 is 1.24 bits per heavy atom. The van der Waals surface area contributed by atoms with E-state index in [9.17, 15) is 9.18 Å². The number of ether oxygens (including phenoxy) is 1. The van der Waals surface area contributed by atoms with Crippen LogP contribution in [0, 0.1) is 17.1 Å². The zero-order valence-corrected chi connectivity index (χ0v) is 13.7. The first-order chi connectivity index (χ1) is 10.0. The summed E-state index contributed by atoms with van der Waals surface area (Å²) in [5.41, 5.74) is 1.09. The normalized spacial score (nSPS) is 10.0. The van der Waals surface area contributed by atoms with Crippen molar-refractivity contribution in [3.05, 3.63) is 61.8 Å². The lowest BCUT2D eigenvalue weighted by Crippen LogP contribution is -2.00. The quantitative estimate of drug-likeness (QED) is 0.688. The standard InChI is InChI=1S/C15H8Br2FNO2/c16-12-3-10(7-20)4-13(17)15(12)21-8-11-2-1-9(6-19)5-14(11)18/h1-5,7H,8H2. The van der Waals surface area contributed by atoms with Gasteiger partial charge in [0.05, 0.1) is 20.6 Å². The predicted octanol–water partition coefficient (Wildman–Crippen LogP) is 4.61. The predicted molar refractivity (Wildman–Crippen MR) is 82.7 cm³/mol. The number of hydrogen-bond acceptors (Lipinski definition) is 3. The lowest BCUT2D eigenvalue weighted by atomic mass is 10.1. The Kier molecular flexibility index (Phi) is 5.10. The van der Waals surface area contributed by atoms with Crippen LogP contribution in [-0.4, -0.2) is 6.29 Å². The van der Waals surface area contributed by atoms with Crippen molar-refractivity contribution in [1.29, 1.82) is 5.26 Å². The molecule has 0 aliphatic carbocycles. The minimum atomic E-state index is -0.495. The molecule has 0 saturated heterocycles. The maximum absolute atomic E-state index is 13.8. The molecule has 6 heteroatoms. The molecule has 0 fully saturated rings. The van der Waals surface area contributed by atoms with Crippen LogP contribution in [0.5, 0.6) is 5.75 Å². The molecule has 0 aliphatic rings. The number of nitriles is 1. The highest BCUT2D eigenvalue weighted by atomic mass is 79.9. The monoisotopic (exact) mass is 411 g/mol. The highest BCUT2D eigenvalue weighted by molar-refractivity contribution is 9.11. The Morgan fingerprint density at radius 3 is 2.43 bits per heavy atom. The molecule has 2 aromatic rings. The molecule has 21 heavy (non-hydrogen) atoms. The van der Waals surface area contributed by atoms with Crippen LogP contribution in [0.4, 0.5) is 4.39 Å². The van der Waals surface area contributed by atoms with Gasteiger partial charge in [0.2, 0.25) is 0 Å². The van der Waals surface area contributed by atoms with Crippen LogP contribution in [-0.2, 0) is 6.61 Å². The molecule has 0 N–H and O–H groups in total. The number of carbonyl (C=O) groups is 1. The van der Waals surface area contributed by atoms with E-state index in [1.165, 1.54) is 12.1 Å². The van der Waals surface area contributed by atoms with Gasteiger partial charge in [0.1, 0.15) is 24.5 Å². The number of rotatable bonds is 4. The number of carbonyl (C=O) groups excluding carboxylic acids is 1. The Hall–Kier alpha value is -1.71. The van der Waals surface area contributed by atoms with E-state index in [2.05, 4.69) is 31.9 Å². The Morgan fingerprint density at radius 2 is 1.90 bits per heavy atom. The summed E-state index contributed by atoms with van der Waals surface area (Å²) in [6.45, 7) is 0.00911. The summed E-state index contributed by atoms with van der Waals surface area (Å²) in [6.07, 6.45) is 0.722. The van der Waals surface area contributed by atoms with Gasteiger partial charge < -0.3 is 4.74 Å². The van der Waals surface area contributed by atoms with E-state index in [0.29, 0.717) is 25.8 Å². The summed E-state index contributed by atoms with van der Waals surface area (Å²) in [7, 11) is 0. The molecule has 0 aliphatic heterocycles. The van der Waals surface area contributed by atoms with Crippen molar-refractivity contribution in [3.8, 4) is 11.8 Å². The molecule has 2 rings (SSSR count). The van der Waals surface area contributed by atoms with E-state index in [-0.39, 0.29) is 12.2 Å². The van der Waals surface area contributed by atoms with Gasteiger partial charge in [-0.3, -0.25) is 4.79 Å². The largest absolute Gasteiger partial charge is 0.486 e. The van der Waals surface area contributed by atoms with Gasteiger partial charge in [-0.1, -0.05) is 6.07 Å². The van der Waals surface area contributed by atoms with E-state index in [1.807, 2.05) is 6.07 Å². The minimum absolute atomic E-state index is 0.00911. The van der Waals surface area contributed by atoms with Gasteiger partial charge in [0.15, 0.2) is 0 Å². The number of halogens is 3. The second kappa shape index (κ2) is 6.83. The molecule has 0 heterocycles. The van der Waals surface area contributed by atoms with Crippen molar-refractivity contribution in [2.24, 2.45) is 0 Å². The summed E-state index contributed by atoms with van der Waals surface area (Å²) in [5, 5.41) is 8.69. The van der Waals surface area contributed by atoms with Crippen LogP contribution >= 0.6 is 31.9 Å². The molecular weight excluding hydrogens is 405 g/mol. The van der Waals surface area contributed by atoms with Crippen molar-refractivity contribution in [2.45, 2.75) is 6.61 Å².